The smallest absolute Gasteiger partial charge is 0.408 e. The van der Waals surface area contributed by atoms with Gasteiger partial charge in [-0.25, -0.2) is 17.6 Å². The van der Waals surface area contributed by atoms with Crippen LogP contribution < -0.4 is 15.4 Å². The second kappa shape index (κ2) is 9.34. The van der Waals surface area contributed by atoms with E-state index in [2.05, 4.69) is 15.4 Å². The molecule has 2 aromatic carbocycles. The number of para-hydroxylation sites is 1. The first-order valence-corrected chi connectivity index (χ1v) is 11.0. The summed E-state index contributed by atoms with van der Waals surface area (Å²) in [7, 11) is -4.12. The maximum atomic E-state index is 13.9. The first-order chi connectivity index (χ1) is 14.3. The Balaban J connectivity index is 2.16. The average molecular weight is 452 g/mol. The van der Waals surface area contributed by atoms with E-state index in [0.29, 0.717) is 5.56 Å². The Morgan fingerprint density at radius 3 is 2.35 bits per heavy atom. The SMILES string of the molecule is Cc1ccc(NC(=O)[C@@H](C)NC(=O)OC(C)(C)C)cc1S(=O)(=O)Nc1ccccc1F. The van der Waals surface area contributed by atoms with Gasteiger partial charge < -0.3 is 15.4 Å². The maximum absolute atomic E-state index is 13.9. The number of nitrogens with one attached hydrogen (secondary N) is 3. The van der Waals surface area contributed by atoms with Crippen LogP contribution >= 0.6 is 0 Å². The summed E-state index contributed by atoms with van der Waals surface area (Å²) in [6, 6.07) is 8.75. The van der Waals surface area contributed by atoms with Crippen molar-refractivity contribution in [2.45, 2.75) is 51.2 Å². The fourth-order valence-corrected chi connectivity index (χ4v) is 3.85. The number of benzene rings is 2. The van der Waals surface area contributed by atoms with Gasteiger partial charge in [0.05, 0.1) is 10.6 Å². The van der Waals surface area contributed by atoms with Crippen molar-refractivity contribution in [3.63, 3.8) is 0 Å². The number of carbonyl (C=O) groups is 2. The Morgan fingerprint density at radius 2 is 1.74 bits per heavy atom. The van der Waals surface area contributed by atoms with Gasteiger partial charge in [0.15, 0.2) is 0 Å². The van der Waals surface area contributed by atoms with E-state index in [1.54, 1.807) is 27.7 Å². The van der Waals surface area contributed by atoms with Crippen LogP contribution in [0, 0.1) is 12.7 Å². The van der Waals surface area contributed by atoms with Gasteiger partial charge in [-0.3, -0.25) is 9.52 Å². The van der Waals surface area contributed by atoms with Crippen molar-refractivity contribution >= 4 is 33.4 Å². The molecule has 0 aliphatic carbocycles. The van der Waals surface area contributed by atoms with E-state index in [9.17, 15) is 22.4 Å². The average Bonchev–Trinajstić information content (AvgIpc) is 2.63. The van der Waals surface area contributed by atoms with E-state index in [1.807, 2.05) is 0 Å². The molecular formula is C21H26FN3O5S. The van der Waals surface area contributed by atoms with Gasteiger partial charge in [-0.15, -0.1) is 0 Å². The Morgan fingerprint density at radius 1 is 1.10 bits per heavy atom. The fraction of sp³-hybridized carbons (Fsp3) is 0.333. The van der Waals surface area contributed by atoms with Gasteiger partial charge >= 0.3 is 6.09 Å². The van der Waals surface area contributed by atoms with Crippen molar-refractivity contribution in [1.29, 1.82) is 0 Å². The second-order valence-corrected chi connectivity index (χ2v) is 9.57. The summed E-state index contributed by atoms with van der Waals surface area (Å²) in [4.78, 5) is 24.1. The molecule has 0 saturated carbocycles. The largest absolute Gasteiger partial charge is 0.444 e. The second-order valence-electron chi connectivity index (χ2n) is 7.92. The van der Waals surface area contributed by atoms with E-state index in [-0.39, 0.29) is 16.3 Å². The van der Waals surface area contributed by atoms with Crippen molar-refractivity contribution in [1.82, 2.24) is 5.32 Å². The van der Waals surface area contributed by atoms with Crippen LogP contribution in [0.3, 0.4) is 0 Å². The van der Waals surface area contributed by atoms with Crippen LogP contribution in [0.15, 0.2) is 47.4 Å². The van der Waals surface area contributed by atoms with E-state index < -0.39 is 39.5 Å². The molecule has 0 spiro atoms. The minimum absolute atomic E-state index is 0.124. The summed E-state index contributed by atoms with van der Waals surface area (Å²) >= 11 is 0. The molecule has 2 amide bonds. The topological polar surface area (TPSA) is 114 Å². The van der Waals surface area contributed by atoms with Crippen LogP contribution in [-0.4, -0.2) is 32.1 Å². The fourth-order valence-electron chi connectivity index (χ4n) is 2.51. The summed E-state index contributed by atoms with van der Waals surface area (Å²) in [5.74, 6) is -1.28. The molecular weight excluding hydrogens is 425 g/mol. The lowest BCUT2D eigenvalue weighted by atomic mass is 10.2. The summed E-state index contributed by atoms with van der Waals surface area (Å²) in [5.41, 5.74) is -0.304. The van der Waals surface area contributed by atoms with E-state index in [4.69, 9.17) is 4.74 Å². The van der Waals surface area contributed by atoms with Gasteiger partial charge in [0, 0.05) is 5.69 Å². The highest BCUT2D eigenvalue weighted by Gasteiger charge is 2.23. The number of carbonyl (C=O) groups excluding carboxylic acids is 2. The summed E-state index contributed by atoms with van der Waals surface area (Å²) in [6.45, 7) is 8.13. The number of hydrogen-bond donors (Lipinski definition) is 3. The van der Waals surface area contributed by atoms with Crippen LogP contribution in [0.1, 0.15) is 33.3 Å². The number of aryl methyl sites for hydroxylation is 1. The molecule has 0 fully saturated rings. The molecule has 168 valence electrons. The molecule has 0 saturated heterocycles. The van der Waals surface area contributed by atoms with Crippen molar-refractivity contribution in [2.24, 2.45) is 0 Å². The molecule has 0 unspecified atom stereocenters. The normalized spacial score (nSPS) is 12.6. The van der Waals surface area contributed by atoms with Crippen LogP contribution in [0.5, 0.6) is 0 Å². The molecule has 2 rings (SSSR count). The van der Waals surface area contributed by atoms with Gasteiger partial charge in [-0.05, 0) is 64.4 Å². The van der Waals surface area contributed by atoms with Crippen LogP contribution in [-0.2, 0) is 19.6 Å². The Kier molecular flexibility index (Phi) is 7.27. The predicted octanol–water partition coefficient (Wildman–Crippen LogP) is 3.79. The quantitative estimate of drug-likeness (QED) is 0.618. The Hall–Kier alpha value is -3.14. The zero-order valence-electron chi connectivity index (χ0n) is 17.9. The van der Waals surface area contributed by atoms with Gasteiger partial charge in [0.2, 0.25) is 5.91 Å². The molecule has 0 heterocycles. The minimum Gasteiger partial charge on any atom is -0.444 e. The molecule has 0 aliphatic rings. The Labute approximate surface area is 181 Å². The lowest BCUT2D eigenvalue weighted by molar-refractivity contribution is -0.117. The van der Waals surface area contributed by atoms with Crippen molar-refractivity contribution < 1.29 is 27.1 Å². The number of alkyl carbamates (subject to hydrolysis) is 1. The summed E-state index contributed by atoms with van der Waals surface area (Å²) in [6.07, 6.45) is -0.753. The predicted molar refractivity (Wildman–Crippen MR) is 116 cm³/mol. The number of ether oxygens (including phenoxy) is 1. The third kappa shape index (κ3) is 6.95. The highest BCUT2D eigenvalue weighted by atomic mass is 32.2. The minimum atomic E-state index is -4.12. The molecule has 10 heteroatoms. The summed E-state index contributed by atoms with van der Waals surface area (Å²) in [5, 5.41) is 4.96. The third-order valence-electron chi connectivity index (χ3n) is 3.99. The molecule has 0 aliphatic heterocycles. The summed E-state index contributed by atoms with van der Waals surface area (Å²) < 4.78 is 46.7. The number of sulfonamides is 1. The molecule has 2 aromatic rings. The standard InChI is InChI=1S/C21H26FN3O5S/c1-13-10-11-15(24-19(26)14(2)23-20(27)30-21(3,4)5)12-18(13)31(28,29)25-17-9-7-6-8-16(17)22/h6-12,14,25H,1-5H3,(H,23,27)(H,24,26)/t14-/m1/s1. The van der Waals surface area contributed by atoms with Gasteiger partial charge in [0.1, 0.15) is 17.5 Å². The Bertz CT molecular complexity index is 1080. The van der Waals surface area contributed by atoms with Gasteiger partial charge in [-0.2, -0.15) is 0 Å². The highest BCUT2D eigenvalue weighted by Crippen LogP contribution is 2.24. The number of amides is 2. The van der Waals surface area contributed by atoms with E-state index in [1.165, 1.54) is 43.3 Å². The monoisotopic (exact) mass is 451 g/mol. The molecule has 1 atom stereocenters. The number of halogens is 1. The van der Waals surface area contributed by atoms with Gasteiger partial charge in [0.25, 0.3) is 10.0 Å². The van der Waals surface area contributed by atoms with E-state index in [0.717, 1.165) is 6.07 Å². The first-order valence-electron chi connectivity index (χ1n) is 9.47. The molecule has 0 aromatic heterocycles. The molecule has 0 radical (unpaired) electrons. The number of hydrogen-bond acceptors (Lipinski definition) is 5. The van der Waals surface area contributed by atoms with Crippen LogP contribution in [0.2, 0.25) is 0 Å². The van der Waals surface area contributed by atoms with Crippen LogP contribution in [0.4, 0.5) is 20.6 Å². The zero-order valence-corrected chi connectivity index (χ0v) is 18.8. The molecule has 8 nitrogen and oxygen atoms in total. The van der Waals surface area contributed by atoms with Crippen molar-refractivity contribution in [3.8, 4) is 0 Å². The molecule has 31 heavy (non-hydrogen) atoms. The first kappa shape index (κ1) is 24.1. The third-order valence-corrected chi connectivity index (χ3v) is 5.50. The van der Waals surface area contributed by atoms with Crippen molar-refractivity contribution in [2.75, 3.05) is 10.0 Å². The lowest BCUT2D eigenvalue weighted by Crippen LogP contribution is -2.44. The number of rotatable bonds is 6. The van der Waals surface area contributed by atoms with Crippen molar-refractivity contribution in [3.05, 3.63) is 53.8 Å². The van der Waals surface area contributed by atoms with Crippen LogP contribution in [0.25, 0.3) is 0 Å². The maximum Gasteiger partial charge on any atom is 0.408 e. The lowest BCUT2D eigenvalue weighted by Gasteiger charge is -2.21. The van der Waals surface area contributed by atoms with E-state index >= 15 is 0 Å². The number of anilines is 2. The van der Waals surface area contributed by atoms with Gasteiger partial charge in [-0.1, -0.05) is 18.2 Å². The highest BCUT2D eigenvalue weighted by molar-refractivity contribution is 7.92. The molecule has 0 bridgehead atoms. The molecule has 3 N–H and O–H groups in total. The zero-order chi connectivity index (χ0) is 23.4.